The van der Waals surface area contributed by atoms with Crippen molar-refractivity contribution in [2.24, 2.45) is 0 Å². The Labute approximate surface area is 147 Å². The van der Waals surface area contributed by atoms with Crippen LogP contribution in [0.5, 0.6) is 0 Å². The summed E-state index contributed by atoms with van der Waals surface area (Å²) >= 11 is 1.52. The van der Waals surface area contributed by atoms with Crippen LogP contribution in [-0.4, -0.2) is 41.4 Å². The van der Waals surface area contributed by atoms with Crippen LogP contribution < -0.4 is 5.32 Å². The first-order valence-corrected chi connectivity index (χ1v) is 8.61. The van der Waals surface area contributed by atoms with E-state index in [1.165, 1.54) is 11.8 Å². The molecule has 0 aliphatic rings. The highest BCUT2D eigenvalue weighted by Gasteiger charge is 2.26. The van der Waals surface area contributed by atoms with Gasteiger partial charge in [-0.05, 0) is 23.4 Å². The smallest absolute Gasteiger partial charge is 0.315 e. The second-order valence-corrected chi connectivity index (χ2v) is 6.05. The molecule has 0 radical (unpaired) electrons. The summed E-state index contributed by atoms with van der Waals surface area (Å²) in [6, 6.07) is 8.87. The number of hydrogen-bond donors (Lipinski definition) is 2. The van der Waals surface area contributed by atoms with E-state index in [1.807, 2.05) is 18.4 Å². The third-order valence-electron chi connectivity index (χ3n) is 3.60. The van der Waals surface area contributed by atoms with Crippen molar-refractivity contribution >= 4 is 17.7 Å². The van der Waals surface area contributed by atoms with Crippen molar-refractivity contribution in [3.63, 3.8) is 0 Å². The molecule has 1 aromatic carbocycles. The van der Waals surface area contributed by atoms with Crippen molar-refractivity contribution in [3.8, 4) is 11.1 Å². The minimum absolute atomic E-state index is 0.314. The maximum atomic E-state index is 13.0. The molecule has 2 rings (SSSR count). The molecule has 0 fully saturated rings. The number of nitrogens with one attached hydrogen (secondary N) is 1. The van der Waals surface area contributed by atoms with E-state index in [2.05, 4.69) is 4.98 Å². The predicted molar refractivity (Wildman–Crippen MR) is 90.3 cm³/mol. The quantitative estimate of drug-likeness (QED) is 0.735. The largest absolute Gasteiger partial charge is 0.386 e. The molecule has 0 aliphatic carbocycles. The molecule has 0 aliphatic heterocycles. The Morgan fingerprint density at radius 1 is 1.20 bits per heavy atom. The van der Waals surface area contributed by atoms with Gasteiger partial charge in [0.1, 0.15) is 12.8 Å². The number of hydrogen-bond acceptors (Lipinski definition) is 4. The van der Waals surface area contributed by atoms with E-state index >= 15 is 0 Å². The summed E-state index contributed by atoms with van der Waals surface area (Å²) in [5.41, 5.74) is 2.02. The first-order chi connectivity index (χ1) is 12.0. The molecule has 1 aromatic heterocycles. The van der Waals surface area contributed by atoms with Crippen LogP contribution in [0.1, 0.15) is 11.7 Å². The Kier molecular flexibility index (Phi) is 6.83. The van der Waals surface area contributed by atoms with E-state index in [0.717, 1.165) is 16.2 Å². The third-order valence-corrected chi connectivity index (χ3v) is 4.26. The lowest BCUT2D eigenvalue weighted by molar-refractivity contribution is -0.133. The van der Waals surface area contributed by atoms with E-state index in [9.17, 15) is 23.1 Å². The molecule has 1 heterocycles. The molecule has 25 heavy (non-hydrogen) atoms. The molecular weight excluding hydrogens is 353 g/mol. The molecule has 8 heteroatoms. The SMILES string of the molecule is CSc1ccc(-c2ccc(C(O)C(CF)NC(=O)C(F)F)cc2)cn1. The first-order valence-electron chi connectivity index (χ1n) is 7.39. The lowest BCUT2D eigenvalue weighted by Gasteiger charge is -2.22. The molecule has 0 saturated carbocycles. The number of alkyl halides is 3. The lowest BCUT2D eigenvalue weighted by Crippen LogP contribution is -2.43. The highest BCUT2D eigenvalue weighted by Crippen LogP contribution is 2.24. The Morgan fingerprint density at radius 2 is 1.84 bits per heavy atom. The molecule has 1 amide bonds. The van der Waals surface area contributed by atoms with Crippen molar-refractivity contribution in [2.75, 3.05) is 12.9 Å². The highest BCUT2D eigenvalue weighted by molar-refractivity contribution is 7.98. The zero-order chi connectivity index (χ0) is 18.4. The van der Waals surface area contributed by atoms with Crippen molar-refractivity contribution in [1.29, 1.82) is 0 Å². The van der Waals surface area contributed by atoms with Crippen LogP contribution in [0.15, 0.2) is 47.6 Å². The number of nitrogens with zero attached hydrogens (tertiary/aromatic N) is 1. The number of rotatable bonds is 7. The molecular formula is C17H17F3N2O2S. The van der Waals surface area contributed by atoms with Gasteiger partial charge in [-0.15, -0.1) is 11.8 Å². The molecule has 2 N–H and O–H groups in total. The van der Waals surface area contributed by atoms with Crippen molar-refractivity contribution < 1.29 is 23.1 Å². The Bertz CT molecular complexity index is 696. The summed E-state index contributed by atoms with van der Waals surface area (Å²) in [5, 5.41) is 12.8. The summed E-state index contributed by atoms with van der Waals surface area (Å²) in [5.74, 6) is -1.61. The molecule has 134 valence electrons. The van der Waals surface area contributed by atoms with Crippen LogP contribution in [0.3, 0.4) is 0 Å². The van der Waals surface area contributed by atoms with Crippen LogP contribution in [0, 0.1) is 0 Å². The standard InChI is InChI=1S/C17H17F3N2O2S/c1-25-14-7-6-12(9-21-14)10-2-4-11(5-3-10)15(23)13(8-18)22-17(24)16(19)20/h2-7,9,13,15-16,23H,8H2,1H3,(H,22,24). The predicted octanol–water partition coefficient (Wildman–Crippen LogP) is 3.22. The molecule has 2 unspecified atom stereocenters. The maximum Gasteiger partial charge on any atom is 0.315 e. The van der Waals surface area contributed by atoms with Gasteiger partial charge in [0.2, 0.25) is 0 Å². The number of halogens is 3. The highest BCUT2D eigenvalue weighted by atomic mass is 32.2. The number of carbonyl (C=O) groups excluding carboxylic acids is 1. The van der Waals surface area contributed by atoms with Gasteiger partial charge in [0, 0.05) is 11.8 Å². The molecule has 0 spiro atoms. The number of aliphatic hydroxyl groups is 1. The van der Waals surface area contributed by atoms with Crippen molar-refractivity contribution in [3.05, 3.63) is 48.2 Å². The van der Waals surface area contributed by atoms with Gasteiger partial charge in [-0.1, -0.05) is 30.3 Å². The number of pyridine rings is 1. The maximum absolute atomic E-state index is 13.0. The number of benzene rings is 1. The Balaban J connectivity index is 2.12. The Hall–Kier alpha value is -2.06. The van der Waals surface area contributed by atoms with Crippen LogP contribution in [0.2, 0.25) is 0 Å². The monoisotopic (exact) mass is 370 g/mol. The second kappa shape index (κ2) is 8.87. The number of carbonyl (C=O) groups is 1. The summed E-state index contributed by atoms with van der Waals surface area (Å²) in [6.45, 7) is -1.17. The van der Waals surface area contributed by atoms with Crippen LogP contribution in [0.25, 0.3) is 11.1 Å². The van der Waals surface area contributed by atoms with E-state index < -0.39 is 31.2 Å². The van der Waals surface area contributed by atoms with Crippen molar-refractivity contribution in [2.45, 2.75) is 23.6 Å². The van der Waals surface area contributed by atoms with Crippen LogP contribution >= 0.6 is 11.8 Å². The number of amides is 1. The summed E-state index contributed by atoms with van der Waals surface area (Å²) in [6.07, 6.45) is -1.06. The van der Waals surface area contributed by atoms with Gasteiger partial charge in [-0.3, -0.25) is 4.79 Å². The first kappa shape index (κ1) is 19.3. The minimum atomic E-state index is -3.26. The summed E-state index contributed by atoms with van der Waals surface area (Å²) < 4.78 is 37.5. The zero-order valence-electron chi connectivity index (χ0n) is 13.3. The molecule has 0 saturated heterocycles. The Morgan fingerprint density at radius 3 is 2.32 bits per heavy atom. The van der Waals surface area contributed by atoms with E-state index in [1.54, 1.807) is 35.8 Å². The van der Waals surface area contributed by atoms with Crippen molar-refractivity contribution in [1.82, 2.24) is 10.3 Å². The number of thioether (sulfide) groups is 1. The number of aromatic nitrogens is 1. The second-order valence-electron chi connectivity index (χ2n) is 5.23. The van der Waals surface area contributed by atoms with Gasteiger partial charge < -0.3 is 10.4 Å². The van der Waals surface area contributed by atoms with Gasteiger partial charge in [0.25, 0.3) is 5.91 Å². The van der Waals surface area contributed by atoms with Crippen LogP contribution in [0.4, 0.5) is 13.2 Å². The third kappa shape index (κ3) is 4.96. The van der Waals surface area contributed by atoms with Gasteiger partial charge in [-0.2, -0.15) is 8.78 Å². The zero-order valence-corrected chi connectivity index (χ0v) is 14.1. The minimum Gasteiger partial charge on any atom is -0.386 e. The topological polar surface area (TPSA) is 62.2 Å². The summed E-state index contributed by atoms with van der Waals surface area (Å²) in [7, 11) is 0. The van der Waals surface area contributed by atoms with Gasteiger partial charge in [-0.25, -0.2) is 9.37 Å². The molecule has 4 nitrogen and oxygen atoms in total. The fraction of sp³-hybridized carbons (Fsp3) is 0.294. The van der Waals surface area contributed by atoms with Gasteiger partial charge in [0.05, 0.1) is 11.1 Å². The van der Waals surface area contributed by atoms with Gasteiger partial charge >= 0.3 is 6.43 Å². The fourth-order valence-corrected chi connectivity index (χ4v) is 2.59. The number of aliphatic hydroxyl groups excluding tert-OH is 1. The average molecular weight is 370 g/mol. The van der Waals surface area contributed by atoms with Gasteiger partial charge in [0.15, 0.2) is 0 Å². The molecule has 2 atom stereocenters. The average Bonchev–Trinajstić information content (AvgIpc) is 2.65. The summed E-state index contributed by atoms with van der Waals surface area (Å²) in [4.78, 5) is 15.3. The van der Waals surface area contributed by atoms with Crippen LogP contribution in [-0.2, 0) is 4.79 Å². The lowest BCUT2D eigenvalue weighted by atomic mass is 9.99. The normalized spacial score (nSPS) is 13.5. The fourth-order valence-electron chi connectivity index (χ4n) is 2.22. The molecule has 2 aromatic rings. The van der Waals surface area contributed by atoms with E-state index in [4.69, 9.17) is 0 Å². The molecule has 0 bridgehead atoms. The van der Waals surface area contributed by atoms with E-state index in [0.29, 0.717) is 5.56 Å². The van der Waals surface area contributed by atoms with E-state index in [-0.39, 0.29) is 0 Å².